The van der Waals surface area contributed by atoms with Crippen molar-refractivity contribution in [3.8, 4) is 45.4 Å². The lowest BCUT2D eigenvalue weighted by Gasteiger charge is -2.11. The van der Waals surface area contributed by atoms with Crippen molar-refractivity contribution in [2.24, 2.45) is 0 Å². The Labute approximate surface area is 191 Å². The Morgan fingerprint density at radius 3 is 1.88 bits per heavy atom. The first-order valence-electron chi connectivity index (χ1n) is 10.1. The third-order valence-electron chi connectivity index (χ3n) is 5.39. The van der Waals surface area contributed by atoms with Crippen molar-refractivity contribution in [1.82, 2.24) is 0 Å². The molecule has 0 spiro atoms. The van der Waals surface area contributed by atoms with E-state index in [4.69, 9.17) is 28.1 Å². The zero-order valence-electron chi connectivity index (χ0n) is 19.1. The molecule has 4 aromatic rings. The molecule has 4 rings (SSSR count). The summed E-state index contributed by atoms with van der Waals surface area (Å²) in [6.07, 6.45) is 0. The average Bonchev–Trinajstić information content (AvgIpc) is 3.26. The Bertz CT molecular complexity index is 1280. The van der Waals surface area contributed by atoms with E-state index in [1.165, 1.54) is 7.11 Å². The van der Waals surface area contributed by atoms with E-state index in [2.05, 4.69) is 0 Å². The maximum Gasteiger partial charge on any atom is 0.338 e. The van der Waals surface area contributed by atoms with Crippen LogP contribution in [0.4, 0.5) is 0 Å². The summed E-state index contributed by atoms with van der Waals surface area (Å²) in [6.45, 7) is 0. The number of fused-ring (bicyclic) bond motifs is 1. The molecule has 0 fully saturated rings. The normalized spacial score (nSPS) is 10.7. The minimum Gasteiger partial charge on any atom is -0.497 e. The first-order chi connectivity index (χ1) is 16.0. The number of rotatable bonds is 7. The quantitative estimate of drug-likeness (QED) is 0.341. The van der Waals surface area contributed by atoms with Gasteiger partial charge in [0.15, 0.2) is 0 Å². The molecule has 0 aliphatic rings. The molecule has 1 heterocycles. The van der Waals surface area contributed by atoms with E-state index < -0.39 is 5.97 Å². The molecule has 0 aliphatic heterocycles. The summed E-state index contributed by atoms with van der Waals surface area (Å²) >= 11 is 0. The number of methoxy groups -OCH3 is 5. The Balaban J connectivity index is 2.08. The van der Waals surface area contributed by atoms with Crippen LogP contribution in [0.3, 0.4) is 0 Å². The van der Waals surface area contributed by atoms with Gasteiger partial charge in [-0.05, 0) is 54.1 Å². The number of benzene rings is 3. The Morgan fingerprint density at radius 1 is 0.697 bits per heavy atom. The van der Waals surface area contributed by atoms with E-state index in [1.54, 1.807) is 46.6 Å². The summed E-state index contributed by atoms with van der Waals surface area (Å²) in [5.74, 6) is 2.58. The maximum absolute atomic E-state index is 12.2. The van der Waals surface area contributed by atoms with Gasteiger partial charge in [-0.25, -0.2) is 4.79 Å². The van der Waals surface area contributed by atoms with Gasteiger partial charge in [0.25, 0.3) is 0 Å². The summed E-state index contributed by atoms with van der Waals surface area (Å²) in [6, 6.07) is 16.4. The molecule has 0 unspecified atom stereocenters. The second-order valence-corrected chi connectivity index (χ2v) is 7.18. The van der Waals surface area contributed by atoms with Gasteiger partial charge in [0.1, 0.15) is 34.3 Å². The molecule has 0 amide bonds. The zero-order valence-corrected chi connectivity index (χ0v) is 19.1. The lowest BCUT2D eigenvalue weighted by atomic mass is 9.97. The van der Waals surface area contributed by atoms with Crippen LogP contribution in [0.15, 0.2) is 59.0 Å². The third-order valence-corrected chi connectivity index (χ3v) is 5.39. The molecule has 7 heteroatoms. The van der Waals surface area contributed by atoms with Crippen LogP contribution < -0.4 is 18.9 Å². The highest BCUT2D eigenvalue weighted by Gasteiger charge is 2.24. The van der Waals surface area contributed by atoms with Crippen molar-refractivity contribution >= 4 is 16.9 Å². The van der Waals surface area contributed by atoms with Crippen molar-refractivity contribution in [1.29, 1.82) is 0 Å². The van der Waals surface area contributed by atoms with Crippen LogP contribution in [-0.4, -0.2) is 41.5 Å². The monoisotopic (exact) mass is 448 g/mol. The SMILES string of the molecule is COC(=O)c1cc(OC)c2c(-c3cc(OC)cc(OC)c3)c(-c3ccc(OC)cc3)oc2c1. The Morgan fingerprint density at radius 2 is 1.33 bits per heavy atom. The minimum atomic E-state index is -0.484. The van der Waals surface area contributed by atoms with Crippen molar-refractivity contribution in [3.05, 3.63) is 60.2 Å². The van der Waals surface area contributed by atoms with E-state index in [-0.39, 0.29) is 0 Å². The highest BCUT2D eigenvalue weighted by Crippen LogP contribution is 2.47. The lowest BCUT2D eigenvalue weighted by Crippen LogP contribution is -2.01. The Kier molecular flexibility index (Phi) is 6.13. The molecule has 1 aromatic heterocycles. The predicted octanol–water partition coefficient (Wildman–Crippen LogP) is 5.59. The second-order valence-electron chi connectivity index (χ2n) is 7.18. The molecule has 3 aromatic carbocycles. The van der Waals surface area contributed by atoms with Gasteiger partial charge in [-0.1, -0.05) is 0 Å². The summed E-state index contributed by atoms with van der Waals surface area (Å²) < 4.78 is 33.2. The van der Waals surface area contributed by atoms with Crippen LogP contribution >= 0.6 is 0 Å². The molecular weight excluding hydrogens is 424 g/mol. The third kappa shape index (κ3) is 4.05. The lowest BCUT2D eigenvalue weighted by molar-refractivity contribution is 0.0600. The highest BCUT2D eigenvalue weighted by atomic mass is 16.5. The molecule has 0 radical (unpaired) electrons. The van der Waals surface area contributed by atoms with Crippen LogP contribution in [0.25, 0.3) is 33.4 Å². The van der Waals surface area contributed by atoms with Crippen LogP contribution in [-0.2, 0) is 4.74 Å². The first-order valence-corrected chi connectivity index (χ1v) is 10.1. The standard InChI is InChI=1S/C26H24O7/c1-28-18-8-6-15(7-9-18)25-23(16-10-19(29-2)14-20(11-16)30-3)24-21(31-4)12-17(26(27)32-5)13-22(24)33-25/h6-14H,1-5H3. The second kappa shape index (κ2) is 9.16. The van der Waals surface area contributed by atoms with Gasteiger partial charge in [-0.2, -0.15) is 0 Å². The predicted molar refractivity (Wildman–Crippen MR) is 125 cm³/mol. The fourth-order valence-electron chi connectivity index (χ4n) is 3.76. The molecule has 0 aliphatic carbocycles. The zero-order chi connectivity index (χ0) is 23.5. The van der Waals surface area contributed by atoms with Gasteiger partial charge >= 0.3 is 5.97 Å². The summed E-state index contributed by atoms with van der Waals surface area (Å²) in [5, 5.41) is 0.714. The number of hydrogen-bond donors (Lipinski definition) is 0. The largest absolute Gasteiger partial charge is 0.497 e. The molecule has 33 heavy (non-hydrogen) atoms. The van der Waals surface area contributed by atoms with Gasteiger partial charge in [-0.3, -0.25) is 0 Å². The minimum absolute atomic E-state index is 0.326. The molecule has 170 valence electrons. The van der Waals surface area contributed by atoms with Gasteiger partial charge in [-0.15, -0.1) is 0 Å². The van der Waals surface area contributed by atoms with E-state index in [1.807, 2.05) is 36.4 Å². The molecule has 0 N–H and O–H groups in total. The Hall–Kier alpha value is -4.13. The van der Waals surface area contributed by atoms with E-state index in [0.29, 0.717) is 39.5 Å². The van der Waals surface area contributed by atoms with Gasteiger partial charge in [0.2, 0.25) is 0 Å². The first kappa shape index (κ1) is 22.1. The van der Waals surface area contributed by atoms with Crippen molar-refractivity contribution in [3.63, 3.8) is 0 Å². The summed E-state index contributed by atoms with van der Waals surface area (Å²) in [4.78, 5) is 12.2. The van der Waals surface area contributed by atoms with Crippen molar-refractivity contribution in [2.45, 2.75) is 0 Å². The van der Waals surface area contributed by atoms with Crippen LogP contribution in [0.1, 0.15) is 10.4 Å². The smallest absolute Gasteiger partial charge is 0.338 e. The van der Waals surface area contributed by atoms with E-state index in [9.17, 15) is 4.79 Å². The number of furan rings is 1. The number of ether oxygens (including phenoxy) is 5. The highest BCUT2D eigenvalue weighted by molar-refractivity contribution is 6.08. The van der Waals surface area contributed by atoms with Crippen LogP contribution in [0, 0.1) is 0 Å². The molecule has 0 atom stereocenters. The summed E-state index contributed by atoms with van der Waals surface area (Å²) in [7, 11) is 7.69. The number of hydrogen-bond acceptors (Lipinski definition) is 7. The van der Waals surface area contributed by atoms with Crippen LogP contribution in [0.5, 0.6) is 23.0 Å². The molecule has 0 saturated heterocycles. The van der Waals surface area contributed by atoms with Crippen LogP contribution in [0.2, 0.25) is 0 Å². The maximum atomic E-state index is 12.2. The molecule has 7 nitrogen and oxygen atoms in total. The van der Waals surface area contributed by atoms with Crippen molar-refractivity contribution in [2.75, 3.05) is 35.5 Å². The molecular formula is C26H24O7. The van der Waals surface area contributed by atoms with Gasteiger partial charge < -0.3 is 28.1 Å². The topological polar surface area (TPSA) is 76.4 Å². The molecule has 0 bridgehead atoms. The van der Waals surface area contributed by atoms with E-state index >= 15 is 0 Å². The van der Waals surface area contributed by atoms with E-state index in [0.717, 1.165) is 22.4 Å². The van der Waals surface area contributed by atoms with Gasteiger partial charge in [0.05, 0.1) is 46.5 Å². The number of esters is 1. The number of carbonyl (C=O) groups excluding carboxylic acids is 1. The average molecular weight is 448 g/mol. The van der Waals surface area contributed by atoms with Crippen molar-refractivity contribution < 1.29 is 32.9 Å². The van der Waals surface area contributed by atoms with Gasteiger partial charge in [0, 0.05) is 17.2 Å². The fourth-order valence-corrected chi connectivity index (χ4v) is 3.76. The summed E-state index contributed by atoms with van der Waals surface area (Å²) in [5.41, 5.74) is 3.22. The fraction of sp³-hybridized carbons (Fsp3) is 0.192. The molecule has 0 saturated carbocycles. The number of carbonyl (C=O) groups is 1.